The highest BCUT2D eigenvalue weighted by Gasteiger charge is 2.26. The van der Waals surface area contributed by atoms with Crippen LogP contribution in [0.4, 0.5) is 19.4 Å². The molecule has 9 heteroatoms. The topological polar surface area (TPSA) is 107 Å². The average Bonchev–Trinajstić information content (AvgIpc) is 2.66. The van der Waals surface area contributed by atoms with E-state index in [0.717, 1.165) is 13.1 Å². The number of carbonyl (C=O) groups is 1. The number of aliphatic imine (C=N–C) groups is 1. The number of aromatic nitrogens is 1. The fraction of sp³-hybridized carbons (Fsp3) is 0.350. The summed E-state index contributed by atoms with van der Waals surface area (Å²) in [6, 6.07) is 5.77. The number of nitrogens with zero attached hydrogens (tertiary/aromatic N) is 3. The van der Waals surface area contributed by atoms with Gasteiger partial charge in [0.2, 0.25) is 0 Å². The van der Waals surface area contributed by atoms with Crippen LogP contribution < -0.4 is 16.4 Å². The van der Waals surface area contributed by atoms with Crippen molar-refractivity contribution in [2.24, 2.45) is 22.4 Å². The van der Waals surface area contributed by atoms with Crippen molar-refractivity contribution < 1.29 is 18.3 Å². The Kier molecular flexibility index (Phi) is 7.46. The van der Waals surface area contributed by atoms with E-state index in [2.05, 4.69) is 16.9 Å². The van der Waals surface area contributed by atoms with Gasteiger partial charge in [0.15, 0.2) is 17.6 Å². The number of hydrogen-bond acceptors (Lipinski definition) is 4. The standard InChI is InChI=1S/C18H19F2N5O2.C2H6/c1-10-7-25(8-10)16-14(19)5-12(6-23-16)13-4-2-3-11(15(13)20)9-27-18(26)24-17(21)22;1-2/h2-6,10H,7-9H2,1H3,(H4,21,22,24,26);1-2H3. The van der Waals surface area contributed by atoms with Crippen LogP contribution in [0, 0.1) is 17.6 Å². The summed E-state index contributed by atoms with van der Waals surface area (Å²) < 4.78 is 34.0. The zero-order valence-electron chi connectivity index (χ0n) is 16.7. The van der Waals surface area contributed by atoms with E-state index in [1.807, 2.05) is 18.7 Å². The van der Waals surface area contributed by atoms with Crippen molar-refractivity contribution in [2.75, 3.05) is 18.0 Å². The van der Waals surface area contributed by atoms with E-state index in [9.17, 15) is 13.6 Å². The summed E-state index contributed by atoms with van der Waals surface area (Å²) in [4.78, 5) is 20.5. The zero-order valence-corrected chi connectivity index (χ0v) is 16.7. The fourth-order valence-electron chi connectivity index (χ4n) is 2.87. The molecule has 0 saturated carbocycles. The van der Waals surface area contributed by atoms with Crippen LogP contribution in [0.1, 0.15) is 26.3 Å². The molecule has 3 rings (SSSR count). The molecule has 4 N–H and O–H groups in total. The third-order valence-electron chi connectivity index (χ3n) is 4.15. The molecule has 29 heavy (non-hydrogen) atoms. The molecule has 2 heterocycles. The lowest BCUT2D eigenvalue weighted by molar-refractivity contribution is 0.149. The summed E-state index contributed by atoms with van der Waals surface area (Å²) in [5.41, 5.74) is 10.7. The molecule has 0 bridgehead atoms. The van der Waals surface area contributed by atoms with Crippen LogP contribution >= 0.6 is 0 Å². The van der Waals surface area contributed by atoms with Gasteiger partial charge in [-0.25, -0.2) is 18.6 Å². The molecule has 0 unspecified atom stereocenters. The Labute approximate surface area is 168 Å². The third-order valence-corrected chi connectivity index (χ3v) is 4.15. The minimum Gasteiger partial charge on any atom is -0.443 e. The first-order valence-corrected chi connectivity index (χ1v) is 9.29. The number of guanidine groups is 1. The van der Waals surface area contributed by atoms with E-state index >= 15 is 0 Å². The van der Waals surface area contributed by atoms with E-state index < -0.39 is 23.7 Å². The van der Waals surface area contributed by atoms with Crippen molar-refractivity contribution in [1.29, 1.82) is 0 Å². The lowest BCUT2D eigenvalue weighted by atomic mass is 10.0. The molecule has 1 amide bonds. The molecule has 1 aliphatic rings. The lowest BCUT2D eigenvalue weighted by Crippen LogP contribution is -2.46. The SMILES string of the molecule is CC.CC1CN(c2ncc(-c3cccc(COC(=O)N=C(N)N)c3F)cc2F)C1. The van der Waals surface area contributed by atoms with Gasteiger partial charge in [0.25, 0.3) is 0 Å². The van der Waals surface area contributed by atoms with Gasteiger partial charge >= 0.3 is 6.09 Å². The van der Waals surface area contributed by atoms with Crippen LogP contribution in [0.15, 0.2) is 35.5 Å². The van der Waals surface area contributed by atoms with Gasteiger partial charge in [-0.05, 0) is 12.0 Å². The highest BCUT2D eigenvalue weighted by atomic mass is 19.1. The largest absolute Gasteiger partial charge is 0.443 e. The van der Waals surface area contributed by atoms with E-state index in [1.165, 1.54) is 24.4 Å². The normalized spacial score (nSPS) is 13.1. The molecule has 1 saturated heterocycles. The van der Waals surface area contributed by atoms with Crippen molar-refractivity contribution in [3.8, 4) is 11.1 Å². The van der Waals surface area contributed by atoms with Crippen LogP contribution in [0.25, 0.3) is 11.1 Å². The molecule has 0 aliphatic carbocycles. The number of carbonyl (C=O) groups excluding carboxylic acids is 1. The maximum Gasteiger partial charge on any atom is 0.437 e. The average molecular weight is 405 g/mol. The molecule has 1 aromatic heterocycles. The van der Waals surface area contributed by atoms with E-state index in [1.54, 1.807) is 6.07 Å². The smallest absolute Gasteiger partial charge is 0.437 e. The first kappa shape index (κ1) is 22.1. The van der Waals surface area contributed by atoms with Gasteiger partial charge in [-0.3, -0.25) is 0 Å². The highest BCUT2D eigenvalue weighted by Crippen LogP contribution is 2.30. The van der Waals surface area contributed by atoms with Crippen LogP contribution in [0.3, 0.4) is 0 Å². The number of amides is 1. The van der Waals surface area contributed by atoms with Gasteiger partial charge in [-0.2, -0.15) is 0 Å². The summed E-state index contributed by atoms with van der Waals surface area (Å²) in [6.45, 7) is 7.20. The Balaban J connectivity index is 0.00000145. The van der Waals surface area contributed by atoms with Crippen molar-refractivity contribution in [1.82, 2.24) is 4.98 Å². The molecule has 0 spiro atoms. The monoisotopic (exact) mass is 405 g/mol. The van der Waals surface area contributed by atoms with E-state index in [0.29, 0.717) is 11.5 Å². The maximum absolute atomic E-state index is 14.8. The number of benzene rings is 1. The molecule has 156 valence electrons. The van der Waals surface area contributed by atoms with Crippen LogP contribution in [-0.2, 0) is 11.3 Å². The number of nitrogens with two attached hydrogens (primary N) is 2. The Hall–Kier alpha value is -3.23. The lowest BCUT2D eigenvalue weighted by Gasteiger charge is -2.38. The van der Waals surface area contributed by atoms with Crippen molar-refractivity contribution in [3.05, 3.63) is 47.7 Å². The number of pyridine rings is 1. The molecule has 1 aliphatic heterocycles. The van der Waals surface area contributed by atoms with Crippen LogP contribution in [0.5, 0.6) is 0 Å². The van der Waals surface area contributed by atoms with Crippen molar-refractivity contribution in [3.63, 3.8) is 0 Å². The van der Waals surface area contributed by atoms with Gasteiger partial charge in [0.1, 0.15) is 12.4 Å². The second kappa shape index (κ2) is 9.81. The minimum atomic E-state index is -1.03. The number of ether oxygens (including phenoxy) is 1. The van der Waals surface area contributed by atoms with Crippen molar-refractivity contribution in [2.45, 2.75) is 27.4 Å². The molecule has 0 radical (unpaired) electrons. The zero-order chi connectivity index (χ0) is 21.6. The summed E-state index contributed by atoms with van der Waals surface area (Å²) in [5.74, 6) is -0.835. The number of hydrogen-bond donors (Lipinski definition) is 2. The van der Waals surface area contributed by atoms with Gasteiger partial charge in [0, 0.05) is 36.0 Å². The number of anilines is 1. The van der Waals surface area contributed by atoms with Gasteiger partial charge in [0.05, 0.1) is 0 Å². The van der Waals surface area contributed by atoms with Crippen LogP contribution in [0.2, 0.25) is 0 Å². The summed E-state index contributed by atoms with van der Waals surface area (Å²) in [7, 11) is 0. The predicted molar refractivity (Wildman–Crippen MR) is 108 cm³/mol. The number of rotatable bonds is 4. The molecule has 1 fully saturated rings. The Bertz CT molecular complexity index is 894. The van der Waals surface area contributed by atoms with Crippen LogP contribution in [-0.4, -0.2) is 30.1 Å². The Morgan fingerprint density at radius 2 is 2.00 bits per heavy atom. The Morgan fingerprint density at radius 3 is 2.59 bits per heavy atom. The molecular formula is C20H25F2N5O2. The van der Waals surface area contributed by atoms with Gasteiger partial charge < -0.3 is 21.1 Å². The quantitative estimate of drug-likeness (QED) is 0.596. The van der Waals surface area contributed by atoms with Crippen molar-refractivity contribution >= 4 is 17.9 Å². The second-order valence-corrected chi connectivity index (χ2v) is 6.41. The summed E-state index contributed by atoms with van der Waals surface area (Å²) in [5, 5.41) is 0. The maximum atomic E-state index is 14.8. The second-order valence-electron chi connectivity index (χ2n) is 6.41. The minimum absolute atomic E-state index is 0.104. The highest BCUT2D eigenvalue weighted by molar-refractivity contribution is 5.87. The molecule has 0 atom stereocenters. The van der Waals surface area contributed by atoms with E-state index in [4.69, 9.17) is 16.2 Å². The van der Waals surface area contributed by atoms with Gasteiger partial charge in [-0.15, -0.1) is 4.99 Å². The molecular weight excluding hydrogens is 380 g/mol. The van der Waals surface area contributed by atoms with Gasteiger partial charge in [-0.1, -0.05) is 39.0 Å². The first-order valence-electron chi connectivity index (χ1n) is 9.29. The number of halogens is 2. The van der Waals surface area contributed by atoms with E-state index in [-0.39, 0.29) is 23.6 Å². The fourth-order valence-corrected chi connectivity index (χ4v) is 2.87. The third kappa shape index (κ3) is 5.40. The molecule has 7 nitrogen and oxygen atoms in total. The first-order chi connectivity index (χ1) is 13.8. The molecule has 2 aromatic rings. The summed E-state index contributed by atoms with van der Waals surface area (Å²) in [6.07, 6.45) is 0.398. The Morgan fingerprint density at radius 1 is 1.31 bits per heavy atom. The molecule has 1 aromatic carbocycles. The summed E-state index contributed by atoms with van der Waals surface area (Å²) >= 11 is 0. The predicted octanol–water partition coefficient (Wildman–Crippen LogP) is 3.42.